The predicted molar refractivity (Wildman–Crippen MR) is 96.7 cm³/mol. The molecule has 0 fully saturated rings. The second-order valence-corrected chi connectivity index (χ2v) is 6.18. The molecule has 0 bridgehead atoms. The van der Waals surface area contributed by atoms with Gasteiger partial charge in [0.25, 0.3) is 0 Å². The Morgan fingerprint density at radius 2 is 2.05 bits per heavy atom. The third kappa shape index (κ3) is 6.60. The van der Waals surface area contributed by atoms with Crippen LogP contribution >= 0.6 is 12.2 Å². The summed E-state index contributed by atoms with van der Waals surface area (Å²) >= 11 is 5.42. The first-order valence-electron chi connectivity index (χ1n) is 8.46. The molecular formula is C17H31N3S. The summed E-state index contributed by atoms with van der Waals surface area (Å²) in [5, 5.41) is 10.7. The van der Waals surface area contributed by atoms with Crippen molar-refractivity contribution in [1.82, 2.24) is 10.3 Å². The van der Waals surface area contributed by atoms with Gasteiger partial charge in [0.05, 0.1) is 6.54 Å². The van der Waals surface area contributed by atoms with E-state index in [1.807, 2.05) is 11.1 Å². The average Bonchev–Trinajstić information content (AvgIpc) is 2.89. The molecule has 120 valence electrons. The lowest BCUT2D eigenvalue weighted by molar-refractivity contribution is 0.420. The topological polar surface area (TPSA) is 27.6 Å². The van der Waals surface area contributed by atoms with E-state index in [4.69, 9.17) is 17.3 Å². The monoisotopic (exact) mass is 309 g/mol. The third-order valence-electron chi connectivity index (χ3n) is 3.94. The van der Waals surface area contributed by atoms with Crippen molar-refractivity contribution in [3.8, 4) is 0 Å². The van der Waals surface area contributed by atoms with Crippen LogP contribution in [0, 0.1) is 5.92 Å². The van der Waals surface area contributed by atoms with Crippen LogP contribution in [0.15, 0.2) is 17.8 Å². The van der Waals surface area contributed by atoms with Crippen molar-refractivity contribution in [3.05, 3.63) is 12.7 Å². The Morgan fingerprint density at radius 3 is 2.71 bits per heavy atom. The maximum Gasteiger partial charge on any atom is 0.189 e. The van der Waals surface area contributed by atoms with Crippen molar-refractivity contribution < 1.29 is 0 Å². The van der Waals surface area contributed by atoms with Gasteiger partial charge >= 0.3 is 0 Å². The molecule has 0 aromatic carbocycles. The molecule has 3 nitrogen and oxygen atoms in total. The lowest BCUT2D eigenvalue weighted by Crippen LogP contribution is -2.36. The molecule has 0 aromatic heterocycles. The van der Waals surface area contributed by atoms with Gasteiger partial charge < -0.3 is 5.32 Å². The Kier molecular flexibility index (Phi) is 9.31. The molecule has 1 aliphatic heterocycles. The molecule has 0 spiro atoms. The minimum absolute atomic E-state index is 0.594. The van der Waals surface area contributed by atoms with Crippen LogP contribution in [-0.4, -0.2) is 28.9 Å². The summed E-state index contributed by atoms with van der Waals surface area (Å²) in [5.41, 5.74) is 1.36. The Morgan fingerprint density at radius 1 is 1.33 bits per heavy atom. The van der Waals surface area contributed by atoms with Gasteiger partial charge in [0.15, 0.2) is 5.11 Å². The number of rotatable bonds is 10. The van der Waals surface area contributed by atoms with Crippen molar-refractivity contribution in [2.24, 2.45) is 11.0 Å². The fraction of sp³-hybridized carbons (Fsp3) is 0.765. The van der Waals surface area contributed by atoms with Gasteiger partial charge in [-0.1, -0.05) is 52.0 Å². The van der Waals surface area contributed by atoms with Crippen LogP contribution in [0.5, 0.6) is 0 Å². The summed E-state index contributed by atoms with van der Waals surface area (Å²) in [6, 6.07) is 0. The molecule has 1 atom stereocenters. The van der Waals surface area contributed by atoms with Crippen LogP contribution in [0.3, 0.4) is 0 Å². The van der Waals surface area contributed by atoms with Gasteiger partial charge in [-0.25, -0.2) is 5.01 Å². The van der Waals surface area contributed by atoms with Crippen molar-refractivity contribution in [2.45, 2.75) is 65.2 Å². The van der Waals surface area contributed by atoms with Crippen molar-refractivity contribution in [3.63, 3.8) is 0 Å². The molecule has 1 heterocycles. The molecule has 21 heavy (non-hydrogen) atoms. The Labute approximate surface area is 135 Å². The van der Waals surface area contributed by atoms with Gasteiger partial charge in [-0.05, 0) is 31.5 Å². The molecule has 1 rings (SSSR count). The van der Waals surface area contributed by atoms with Crippen LogP contribution in [0.4, 0.5) is 0 Å². The van der Waals surface area contributed by atoms with Gasteiger partial charge in [0.2, 0.25) is 0 Å². The molecule has 4 heteroatoms. The second-order valence-electron chi connectivity index (χ2n) is 5.80. The van der Waals surface area contributed by atoms with E-state index in [-0.39, 0.29) is 0 Å². The number of nitrogens with one attached hydrogen (secondary N) is 1. The maximum atomic E-state index is 5.42. The summed E-state index contributed by atoms with van der Waals surface area (Å²) in [5.74, 6) is 0.594. The minimum Gasteiger partial charge on any atom is -0.358 e. The van der Waals surface area contributed by atoms with Gasteiger partial charge in [-0.15, -0.1) is 6.58 Å². The highest BCUT2D eigenvalue weighted by molar-refractivity contribution is 7.80. The van der Waals surface area contributed by atoms with Crippen LogP contribution in [0.1, 0.15) is 65.2 Å². The summed E-state index contributed by atoms with van der Waals surface area (Å²) in [6.07, 6.45) is 11.9. The van der Waals surface area contributed by atoms with E-state index in [1.54, 1.807) is 0 Å². The van der Waals surface area contributed by atoms with Crippen LogP contribution in [0.25, 0.3) is 0 Å². The first kappa shape index (κ1) is 18.1. The van der Waals surface area contributed by atoms with Gasteiger partial charge in [0.1, 0.15) is 0 Å². The highest BCUT2D eigenvalue weighted by Gasteiger charge is 2.27. The minimum atomic E-state index is 0.594. The smallest absolute Gasteiger partial charge is 0.189 e. The molecular weight excluding hydrogens is 278 g/mol. The fourth-order valence-electron chi connectivity index (χ4n) is 2.68. The molecule has 0 aromatic rings. The largest absolute Gasteiger partial charge is 0.358 e. The molecule has 1 N–H and O–H groups in total. The van der Waals surface area contributed by atoms with E-state index in [0.29, 0.717) is 12.5 Å². The van der Waals surface area contributed by atoms with E-state index >= 15 is 0 Å². The average molecular weight is 310 g/mol. The number of nitrogens with zero attached hydrogens (tertiary/aromatic N) is 2. The number of unbranched alkanes of at least 4 members (excludes halogenated alkanes) is 4. The van der Waals surface area contributed by atoms with Crippen molar-refractivity contribution in [1.29, 1.82) is 0 Å². The fourth-order valence-corrected chi connectivity index (χ4v) is 2.88. The zero-order chi connectivity index (χ0) is 15.5. The molecule has 1 unspecified atom stereocenters. The molecule has 1 aliphatic rings. The van der Waals surface area contributed by atoms with E-state index in [0.717, 1.165) is 18.1 Å². The Bertz CT molecular complexity index is 352. The number of hydrogen-bond donors (Lipinski definition) is 1. The molecule has 0 saturated carbocycles. The molecule has 0 aliphatic carbocycles. The molecule has 0 saturated heterocycles. The number of hydrogen-bond acceptors (Lipinski definition) is 2. The highest BCUT2D eigenvalue weighted by atomic mass is 32.1. The standard InChI is InChI=1S/C17H31N3S/c1-4-7-9-11-15-14-20(17(21)18-13-6-3)19-16(15)12-10-8-5-2/h6,15H,3-5,7-14H2,1-2H3,(H,18,21). The predicted octanol–water partition coefficient (Wildman–Crippen LogP) is 4.50. The lowest BCUT2D eigenvalue weighted by Gasteiger charge is -2.17. The third-order valence-corrected chi connectivity index (χ3v) is 4.29. The van der Waals surface area contributed by atoms with E-state index in [1.165, 1.54) is 50.7 Å². The van der Waals surface area contributed by atoms with Crippen molar-refractivity contribution >= 4 is 23.0 Å². The Hall–Kier alpha value is -0.900. The normalized spacial score (nSPS) is 17.7. The van der Waals surface area contributed by atoms with Gasteiger partial charge in [-0.2, -0.15) is 5.10 Å². The second kappa shape index (κ2) is 10.8. The lowest BCUT2D eigenvalue weighted by atomic mass is 9.93. The molecule has 0 radical (unpaired) electrons. The molecule has 0 amide bonds. The summed E-state index contributed by atoms with van der Waals surface area (Å²) in [6.45, 7) is 9.87. The van der Waals surface area contributed by atoms with Crippen LogP contribution in [-0.2, 0) is 0 Å². The highest BCUT2D eigenvalue weighted by Crippen LogP contribution is 2.23. The SMILES string of the molecule is C=CCNC(=S)N1CC(CCCCC)C(CCCCC)=N1. The quantitative estimate of drug-likeness (QED) is 0.366. The maximum absolute atomic E-state index is 5.42. The summed E-state index contributed by atoms with van der Waals surface area (Å²) in [7, 11) is 0. The summed E-state index contributed by atoms with van der Waals surface area (Å²) in [4.78, 5) is 0. The van der Waals surface area contributed by atoms with Crippen LogP contribution in [0.2, 0.25) is 0 Å². The number of thiocarbonyl (C=S) groups is 1. The summed E-state index contributed by atoms with van der Waals surface area (Å²) < 4.78 is 0. The van der Waals surface area contributed by atoms with Gasteiger partial charge in [-0.3, -0.25) is 0 Å². The van der Waals surface area contributed by atoms with E-state index in [9.17, 15) is 0 Å². The van der Waals surface area contributed by atoms with Crippen LogP contribution < -0.4 is 5.32 Å². The first-order valence-corrected chi connectivity index (χ1v) is 8.87. The van der Waals surface area contributed by atoms with E-state index < -0.39 is 0 Å². The van der Waals surface area contributed by atoms with Crippen molar-refractivity contribution in [2.75, 3.05) is 13.1 Å². The first-order chi connectivity index (χ1) is 10.2. The number of hydrazone groups is 1. The van der Waals surface area contributed by atoms with Gasteiger partial charge in [0, 0.05) is 18.2 Å². The van der Waals surface area contributed by atoms with E-state index in [2.05, 4.69) is 25.7 Å². The zero-order valence-corrected chi connectivity index (χ0v) is 14.6. The zero-order valence-electron chi connectivity index (χ0n) is 13.7. The Balaban J connectivity index is 2.54.